The Morgan fingerprint density at radius 1 is 1.55 bits per heavy atom. The highest BCUT2D eigenvalue weighted by Crippen LogP contribution is 2.35. The van der Waals surface area contributed by atoms with E-state index in [1.54, 1.807) is 6.08 Å². The van der Waals surface area contributed by atoms with Crippen molar-refractivity contribution in [3.63, 3.8) is 0 Å². The first-order chi connectivity index (χ1) is 9.88. The Bertz CT molecular complexity index is 373. The van der Waals surface area contributed by atoms with Crippen molar-refractivity contribution in [2.45, 2.75) is 33.0 Å². The minimum absolute atomic E-state index is 0.0301. The van der Waals surface area contributed by atoms with E-state index in [4.69, 9.17) is 25.2 Å². The van der Waals surface area contributed by atoms with E-state index in [0.717, 1.165) is 0 Å². The lowest BCUT2D eigenvalue weighted by Crippen LogP contribution is -2.38. The third kappa shape index (κ3) is 6.70. The average Bonchev–Trinajstić information content (AvgIpc) is 2.42. The van der Waals surface area contributed by atoms with E-state index >= 15 is 0 Å². The lowest BCUT2D eigenvalue weighted by molar-refractivity contribution is 0.000646. The summed E-state index contributed by atoms with van der Waals surface area (Å²) in [5, 5.41) is 4.89. The zero-order chi connectivity index (χ0) is 16.4. The predicted molar refractivity (Wildman–Crippen MR) is 87.8 cm³/mol. The maximum atomic E-state index is 7.34. The number of rotatable bonds is 10. The molecule has 0 aliphatic rings. The third-order valence-corrected chi connectivity index (χ3v) is 3.91. The van der Waals surface area contributed by atoms with E-state index in [2.05, 4.69) is 11.4 Å². The summed E-state index contributed by atoms with van der Waals surface area (Å²) in [5.74, 6) is 0.0408. The minimum Gasteiger partial charge on any atom is -0.392 e. The van der Waals surface area contributed by atoms with Crippen LogP contribution in [-0.4, -0.2) is 39.5 Å². The van der Waals surface area contributed by atoms with Gasteiger partial charge in [0, 0.05) is 11.8 Å². The van der Waals surface area contributed by atoms with Crippen molar-refractivity contribution >= 4 is 15.6 Å². The van der Waals surface area contributed by atoms with Gasteiger partial charge in [0.15, 0.2) is 0 Å². The summed E-state index contributed by atoms with van der Waals surface area (Å²) in [7, 11) is 4.82. The highest BCUT2D eigenvalue weighted by atomic mass is 31.1. The Kier molecular flexibility index (Phi) is 8.86. The maximum Gasteiger partial charge on any atom is 0.219 e. The van der Waals surface area contributed by atoms with Crippen molar-refractivity contribution < 1.29 is 9.63 Å². The summed E-state index contributed by atoms with van der Waals surface area (Å²) >= 11 is 0. The van der Waals surface area contributed by atoms with Crippen LogP contribution in [0.15, 0.2) is 24.8 Å². The van der Waals surface area contributed by atoms with Gasteiger partial charge in [-0.3, -0.25) is 0 Å². The lowest BCUT2D eigenvalue weighted by atomic mass is 9.84. The molecule has 0 bridgehead atoms. The highest BCUT2D eigenvalue weighted by molar-refractivity contribution is 7.77. The molecule has 3 nitrogen and oxygen atoms in total. The van der Waals surface area contributed by atoms with E-state index in [9.17, 15) is 0 Å². The molecule has 20 heavy (non-hydrogen) atoms. The molecule has 0 rings (SSSR count). The molecule has 6 atom stereocenters. The summed E-state index contributed by atoms with van der Waals surface area (Å²) in [6.07, 6.45) is 5.08. The average molecular weight is 295 g/mol. The fraction of sp³-hybridized carbons (Fsp3) is 0.667. The largest absolute Gasteiger partial charge is 0.392 e. The zero-order valence-electron chi connectivity index (χ0n) is 13.8. The second kappa shape index (κ2) is 10.2. The van der Waals surface area contributed by atoms with Crippen molar-refractivity contribution in [1.82, 2.24) is 0 Å². The fourth-order valence-corrected chi connectivity index (χ4v) is 2.95. The Morgan fingerprint density at radius 2 is 2.20 bits per heavy atom. The Morgan fingerprint density at radius 3 is 2.65 bits per heavy atom. The molecular weight excluding hydrogens is 268 g/mol. The van der Waals surface area contributed by atoms with Gasteiger partial charge in [-0.15, -0.1) is 0 Å². The van der Waals surface area contributed by atoms with Crippen LogP contribution >= 0.6 is 8.03 Å². The molecule has 0 saturated carbocycles. The van der Waals surface area contributed by atoms with Gasteiger partial charge in [0.05, 0.1) is 18.1 Å². The Balaban J connectivity index is 5.14. The van der Waals surface area contributed by atoms with Gasteiger partial charge in [0.2, 0.25) is 7.98 Å². The molecule has 0 amide bonds. The first-order valence-corrected chi connectivity index (χ1v) is 8.56. The summed E-state index contributed by atoms with van der Waals surface area (Å²) in [5.41, 5.74) is 0. The minimum atomic E-state index is -1.01. The van der Waals surface area contributed by atoms with Gasteiger partial charge in [-0.1, -0.05) is 45.6 Å². The highest BCUT2D eigenvalue weighted by Gasteiger charge is 2.33. The molecule has 0 aliphatic heterocycles. The second-order valence-electron chi connectivity index (χ2n) is 5.24. The normalized spacial score (nSPS) is 21.2. The number of hydrogen-bond acceptors (Lipinski definition) is 2. The monoisotopic (exact) mass is 295 g/mol. The van der Waals surface area contributed by atoms with Crippen LogP contribution in [0.1, 0.15) is 20.8 Å². The predicted octanol–water partition coefficient (Wildman–Crippen LogP) is 3.41. The molecule has 1 N–H and O–H groups in total. The van der Waals surface area contributed by atoms with Crippen molar-refractivity contribution in [2.75, 3.05) is 13.2 Å². The van der Waals surface area contributed by atoms with Gasteiger partial charge < -0.3 is 14.5 Å². The molecule has 5 heteroatoms. The number of aliphatic hydroxyl groups excluding tert-OH is 1. The quantitative estimate of drug-likeness (QED) is 0.290. The van der Waals surface area contributed by atoms with Crippen LogP contribution in [0.3, 0.4) is 0 Å². The van der Waals surface area contributed by atoms with Crippen LogP contribution < -0.4 is 0 Å². The standard InChI is InChI=1S/C15H25BNO2P/c1-7-8-9-11(2)15(19-20(6)16)13(4)14(18)12(3)10-17-5/h7-9,11-15,18H,1,10H2,2-4,6H3/b9-8-/t11-,12-,13-,14+,15-,20?/m0/s1/i18T. The summed E-state index contributed by atoms with van der Waals surface area (Å²) in [6.45, 7) is 18.8. The molecular formula is C15H25BNO2P. The number of allylic oxidation sites excluding steroid dienone is 2. The molecule has 0 aromatic carbocycles. The van der Waals surface area contributed by atoms with Crippen LogP contribution in [0.5, 0.6) is 0 Å². The molecule has 1 unspecified atom stereocenters. The summed E-state index contributed by atoms with van der Waals surface area (Å²) < 4.78 is 13.2. The van der Waals surface area contributed by atoms with Crippen molar-refractivity contribution in [2.24, 2.45) is 17.8 Å². The second-order valence-corrected chi connectivity index (χ2v) is 6.54. The van der Waals surface area contributed by atoms with Gasteiger partial charge in [-0.25, -0.2) is 6.57 Å². The van der Waals surface area contributed by atoms with E-state index < -0.39 is 8.03 Å². The van der Waals surface area contributed by atoms with E-state index in [0.29, 0.717) is 6.54 Å². The SMILES string of the molecule is [3H]O[C@@H]([C@H](C)[C@@H](OP([B])C)[C@@H](C)/C=C\C=C)[C@@H](C)C[N+]#[C-]. The number of nitrogens with zero attached hydrogens (tertiary/aromatic N) is 1. The van der Waals surface area contributed by atoms with Gasteiger partial charge in [-0.2, -0.15) is 0 Å². The molecule has 0 heterocycles. The molecule has 2 radical (unpaired) electrons. The van der Waals surface area contributed by atoms with Gasteiger partial charge in [0.25, 0.3) is 0 Å². The zero-order valence-corrected chi connectivity index (χ0v) is 13.7. The molecule has 0 saturated heterocycles. The van der Waals surface area contributed by atoms with Crippen LogP contribution in [0.25, 0.3) is 4.85 Å². The Hall–Kier alpha value is -0.615. The van der Waals surface area contributed by atoms with E-state index in [1.165, 1.54) is 0 Å². The summed E-state index contributed by atoms with van der Waals surface area (Å²) in [4.78, 5) is 3.40. The fourth-order valence-electron chi connectivity index (χ4n) is 2.18. The lowest BCUT2D eigenvalue weighted by Gasteiger charge is -2.34. The molecule has 0 aromatic rings. The maximum absolute atomic E-state index is 7.34. The molecule has 0 aromatic heterocycles. The molecule has 0 spiro atoms. The van der Waals surface area contributed by atoms with E-state index in [-0.39, 0.29) is 30.0 Å². The Labute approximate surface area is 127 Å². The van der Waals surface area contributed by atoms with E-state index in [1.807, 2.05) is 39.6 Å². The summed E-state index contributed by atoms with van der Waals surface area (Å²) in [6, 6.07) is 0. The number of aliphatic hydroxyl groups is 1. The van der Waals surface area contributed by atoms with Crippen molar-refractivity contribution in [3.05, 3.63) is 36.2 Å². The third-order valence-electron chi connectivity index (χ3n) is 3.33. The van der Waals surface area contributed by atoms with Crippen LogP contribution in [0, 0.1) is 24.3 Å². The first-order valence-electron chi connectivity index (χ1n) is 7.19. The van der Waals surface area contributed by atoms with Crippen LogP contribution in [0.2, 0.25) is 0 Å². The molecule has 0 fully saturated rings. The number of hydrogen-bond donors (Lipinski definition) is 1. The van der Waals surface area contributed by atoms with Crippen LogP contribution in [-0.2, 0) is 4.52 Å². The van der Waals surface area contributed by atoms with Crippen molar-refractivity contribution in [1.29, 1.82) is 1.43 Å². The van der Waals surface area contributed by atoms with Crippen LogP contribution in [0.4, 0.5) is 0 Å². The molecule has 0 aliphatic carbocycles. The van der Waals surface area contributed by atoms with Gasteiger partial charge >= 0.3 is 0 Å². The topological polar surface area (TPSA) is 33.8 Å². The smallest absolute Gasteiger partial charge is 0.219 e. The van der Waals surface area contributed by atoms with Gasteiger partial charge in [0.1, 0.15) is 7.57 Å². The first kappa shape index (κ1) is 17.4. The molecule has 110 valence electrons. The van der Waals surface area contributed by atoms with Crippen molar-refractivity contribution in [3.8, 4) is 0 Å². The van der Waals surface area contributed by atoms with Gasteiger partial charge in [-0.05, 0) is 14.7 Å².